The van der Waals surface area contributed by atoms with Gasteiger partial charge in [-0.25, -0.2) is 9.37 Å². The number of nitrogens with zero attached hydrogens (tertiary/aromatic N) is 2. The van der Waals surface area contributed by atoms with Gasteiger partial charge in [-0.1, -0.05) is 37.3 Å². The summed E-state index contributed by atoms with van der Waals surface area (Å²) < 4.78 is 19.3. The Hall–Kier alpha value is -4.04. The van der Waals surface area contributed by atoms with E-state index in [9.17, 15) is 14.4 Å². The van der Waals surface area contributed by atoms with Crippen molar-refractivity contribution in [3.05, 3.63) is 101 Å². The second-order valence-corrected chi connectivity index (χ2v) is 8.88. The van der Waals surface area contributed by atoms with Crippen LogP contribution in [-0.4, -0.2) is 10.8 Å². The number of ketones is 1. The Labute approximate surface area is 197 Å². The van der Waals surface area contributed by atoms with E-state index in [1.165, 1.54) is 12.1 Å². The molecule has 1 heterocycles. The molecule has 0 spiro atoms. The standard InChI is InChI=1S/C29H23FN2O2/c1-18(19-8-10-25(30)11-9-19)12-27(33)23-13-22(26-5-3-2-4-21(26)16-31)14-24(15-23)29-32-17-28(34-29)20-6-7-20/h2-5,8-11,13-15,17-18,20H,6-7,12H2,1H3. The lowest BCUT2D eigenvalue weighted by atomic mass is 9.90. The quantitative estimate of drug-likeness (QED) is 0.278. The molecule has 4 aromatic rings. The first-order chi connectivity index (χ1) is 16.5. The summed E-state index contributed by atoms with van der Waals surface area (Å²) in [6.45, 7) is 1.96. The van der Waals surface area contributed by atoms with Crippen molar-refractivity contribution in [1.29, 1.82) is 5.26 Å². The molecule has 1 aromatic heterocycles. The van der Waals surface area contributed by atoms with E-state index in [0.717, 1.165) is 35.3 Å². The average Bonchev–Trinajstić information content (AvgIpc) is 3.60. The molecule has 1 unspecified atom stereocenters. The average molecular weight is 451 g/mol. The summed E-state index contributed by atoms with van der Waals surface area (Å²) in [6, 6.07) is 21.3. The van der Waals surface area contributed by atoms with Crippen LogP contribution in [0.2, 0.25) is 0 Å². The minimum Gasteiger partial charge on any atom is -0.441 e. The highest BCUT2D eigenvalue weighted by Gasteiger charge is 2.28. The molecule has 0 aliphatic heterocycles. The van der Waals surface area contributed by atoms with Crippen molar-refractivity contribution in [3.63, 3.8) is 0 Å². The first-order valence-corrected chi connectivity index (χ1v) is 11.4. The van der Waals surface area contributed by atoms with E-state index >= 15 is 0 Å². The Morgan fingerprint density at radius 3 is 2.59 bits per heavy atom. The molecule has 0 saturated heterocycles. The number of hydrogen-bond acceptors (Lipinski definition) is 4. The molecule has 1 atom stereocenters. The van der Waals surface area contributed by atoms with Crippen molar-refractivity contribution >= 4 is 5.78 Å². The lowest BCUT2D eigenvalue weighted by Crippen LogP contribution is -2.06. The zero-order valence-corrected chi connectivity index (χ0v) is 18.8. The lowest BCUT2D eigenvalue weighted by molar-refractivity contribution is 0.0975. The van der Waals surface area contributed by atoms with Gasteiger partial charge in [0.2, 0.25) is 5.89 Å². The minimum absolute atomic E-state index is 0.0386. The number of rotatable bonds is 7. The van der Waals surface area contributed by atoms with Gasteiger partial charge in [-0.3, -0.25) is 4.79 Å². The van der Waals surface area contributed by atoms with Gasteiger partial charge in [0.05, 0.1) is 17.8 Å². The Balaban J connectivity index is 1.53. The second kappa shape index (κ2) is 9.07. The molecule has 5 rings (SSSR count). The third-order valence-corrected chi connectivity index (χ3v) is 6.29. The van der Waals surface area contributed by atoms with Crippen LogP contribution in [-0.2, 0) is 0 Å². The van der Waals surface area contributed by atoms with Gasteiger partial charge in [-0.15, -0.1) is 0 Å². The molecule has 5 heteroatoms. The van der Waals surface area contributed by atoms with Crippen LogP contribution in [0.1, 0.15) is 65.3 Å². The van der Waals surface area contributed by atoms with Crippen LogP contribution in [0.4, 0.5) is 4.39 Å². The maximum atomic E-state index is 13.4. The van der Waals surface area contributed by atoms with Crippen molar-refractivity contribution in [2.24, 2.45) is 0 Å². The van der Waals surface area contributed by atoms with Crippen LogP contribution in [0, 0.1) is 17.1 Å². The summed E-state index contributed by atoms with van der Waals surface area (Å²) in [6.07, 6.45) is 4.25. The third kappa shape index (κ3) is 4.53. The van der Waals surface area contributed by atoms with Crippen LogP contribution in [0.25, 0.3) is 22.6 Å². The molecule has 1 saturated carbocycles. The highest BCUT2D eigenvalue weighted by atomic mass is 19.1. The summed E-state index contributed by atoms with van der Waals surface area (Å²) in [4.78, 5) is 17.8. The molecular formula is C29H23FN2O2. The number of carbonyl (C=O) groups is 1. The topological polar surface area (TPSA) is 66.9 Å². The normalized spacial score (nSPS) is 13.9. The van der Waals surface area contributed by atoms with Crippen LogP contribution in [0.5, 0.6) is 0 Å². The van der Waals surface area contributed by atoms with Gasteiger partial charge in [0.15, 0.2) is 5.78 Å². The van der Waals surface area contributed by atoms with E-state index in [4.69, 9.17) is 4.42 Å². The van der Waals surface area contributed by atoms with Gasteiger partial charge in [0, 0.05) is 23.5 Å². The van der Waals surface area contributed by atoms with Gasteiger partial charge in [0.25, 0.3) is 0 Å². The van der Waals surface area contributed by atoms with Crippen LogP contribution in [0.15, 0.2) is 77.3 Å². The predicted molar refractivity (Wildman–Crippen MR) is 128 cm³/mol. The summed E-state index contributed by atoms with van der Waals surface area (Å²) in [5.74, 6) is 1.36. The van der Waals surface area contributed by atoms with E-state index in [1.54, 1.807) is 30.5 Å². The monoisotopic (exact) mass is 450 g/mol. The Kier molecular flexibility index (Phi) is 5.81. The highest BCUT2D eigenvalue weighted by molar-refractivity contribution is 5.99. The molecule has 4 nitrogen and oxygen atoms in total. The Morgan fingerprint density at radius 2 is 1.85 bits per heavy atom. The van der Waals surface area contributed by atoms with Crippen LogP contribution < -0.4 is 0 Å². The minimum atomic E-state index is -0.299. The largest absolute Gasteiger partial charge is 0.441 e. The molecule has 0 radical (unpaired) electrons. The fourth-order valence-corrected chi connectivity index (χ4v) is 4.18. The predicted octanol–water partition coefficient (Wildman–Crippen LogP) is 7.27. The summed E-state index contributed by atoms with van der Waals surface area (Å²) >= 11 is 0. The SMILES string of the molecule is CC(CC(=O)c1cc(-c2ncc(C3CC3)o2)cc(-c2ccccc2C#N)c1)c1ccc(F)cc1. The Morgan fingerprint density at radius 1 is 1.12 bits per heavy atom. The van der Waals surface area contributed by atoms with Crippen molar-refractivity contribution in [2.45, 2.75) is 38.0 Å². The molecule has 168 valence electrons. The summed E-state index contributed by atoms with van der Waals surface area (Å²) in [5, 5.41) is 9.61. The van der Waals surface area contributed by atoms with Crippen LogP contribution >= 0.6 is 0 Å². The molecule has 0 amide bonds. The number of benzene rings is 3. The zero-order valence-electron chi connectivity index (χ0n) is 18.8. The van der Waals surface area contributed by atoms with Crippen molar-refractivity contribution in [1.82, 2.24) is 4.98 Å². The van der Waals surface area contributed by atoms with Gasteiger partial charge >= 0.3 is 0 Å². The van der Waals surface area contributed by atoms with E-state index < -0.39 is 0 Å². The van der Waals surface area contributed by atoms with Gasteiger partial charge in [0.1, 0.15) is 11.6 Å². The Bertz CT molecular complexity index is 1390. The molecule has 34 heavy (non-hydrogen) atoms. The third-order valence-electron chi connectivity index (χ3n) is 6.29. The van der Waals surface area contributed by atoms with Crippen molar-refractivity contribution < 1.29 is 13.6 Å². The van der Waals surface area contributed by atoms with E-state index in [1.807, 2.05) is 37.3 Å². The maximum Gasteiger partial charge on any atom is 0.226 e. The molecule has 0 bridgehead atoms. The maximum absolute atomic E-state index is 13.4. The molecule has 3 aromatic carbocycles. The summed E-state index contributed by atoms with van der Waals surface area (Å²) in [7, 11) is 0. The van der Waals surface area contributed by atoms with E-state index in [0.29, 0.717) is 28.5 Å². The van der Waals surface area contributed by atoms with E-state index in [2.05, 4.69) is 11.1 Å². The van der Waals surface area contributed by atoms with Crippen molar-refractivity contribution in [3.8, 4) is 28.7 Å². The van der Waals surface area contributed by atoms with Gasteiger partial charge in [-0.2, -0.15) is 5.26 Å². The smallest absolute Gasteiger partial charge is 0.226 e. The number of halogens is 1. The summed E-state index contributed by atoms with van der Waals surface area (Å²) in [5.41, 5.74) is 4.18. The highest BCUT2D eigenvalue weighted by Crippen LogP contribution is 2.41. The fourth-order valence-electron chi connectivity index (χ4n) is 4.18. The van der Waals surface area contributed by atoms with Gasteiger partial charge in [-0.05, 0) is 71.8 Å². The first-order valence-electron chi connectivity index (χ1n) is 11.4. The number of Topliss-reactive ketones (excluding diaryl/α,β-unsaturated/α-hetero) is 1. The van der Waals surface area contributed by atoms with Crippen LogP contribution in [0.3, 0.4) is 0 Å². The fraction of sp³-hybridized carbons (Fsp3) is 0.207. The molecule has 1 fully saturated rings. The number of hydrogen-bond donors (Lipinski definition) is 0. The lowest BCUT2D eigenvalue weighted by Gasteiger charge is -2.13. The first kappa shape index (κ1) is 21.8. The number of oxazole rings is 1. The number of aromatic nitrogens is 1. The van der Waals surface area contributed by atoms with Crippen molar-refractivity contribution in [2.75, 3.05) is 0 Å². The second-order valence-electron chi connectivity index (χ2n) is 8.88. The molecular weight excluding hydrogens is 427 g/mol. The number of nitriles is 1. The molecule has 1 aliphatic carbocycles. The molecule has 1 aliphatic rings. The van der Waals surface area contributed by atoms with Gasteiger partial charge < -0.3 is 4.42 Å². The molecule has 0 N–H and O–H groups in total. The number of carbonyl (C=O) groups excluding carboxylic acids is 1. The zero-order chi connectivity index (χ0) is 23.7. The van der Waals surface area contributed by atoms with E-state index in [-0.39, 0.29) is 23.9 Å².